The van der Waals surface area contributed by atoms with Gasteiger partial charge in [0.1, 0.15) is 17.1 Å². The van der Waals surface area contributed by atoms with Crippen molar-refractivity contribution in [1.82, 2.24) is 10.2 Å². The highest BCUT2D eigenvalue weighted by Gasteiger charge is 2.55. The number of fused-ring (bicyclic) bond motifs is 1. The van der Waals surface area contributed by atoms with E-state index in [9.17, 15) is 19.2 Å². The van der Waals surface area contributed by atoms with Crippen molar-refractivity contribution in [2.24, 2.45) is 0 Å². The Labute approximate surface area is 222 Å². The summed E-state index contributed by atoms with van der Waals surface area (Å²) in [5.74, 6) is -1.50. The number of carbonyl (C=O) groups excluding carboxylic acids is 4. The number of thiophene rings is 1. The summed E-state index contributed by atoms with van der Waals surface area (Å²) in [6.45, 7) is 1.37. The highest BCUT2D eigenvalue weighted by Crippen LogP contribution is 2.41. The summed E-state index contributed by atoms with van der Waals surface area (Å²) < 4.78 is 5.99. The Balaban J connectivity index is 1.39. The second kappa shape index (κ2) is 10.7. The molecule has 0 radical (unpaired) electrons. The zero-order valence-electron chi connectivity index (χ0n) is 20.0. The lowest BCUT2D eigenvalue weighted by Crippen LogP contribution is -2.70. The number of nitrogens with one attached hydrogen (secondary N) is 1. The van der Waals surface area contributed by atoms with Crippen molar-refractivity contribution in [3.05, 3.63) is 105 Å². The molecule has 188 valence electrons. The third-order valence-corrected chi connectivity index (χ3v) is 8.40. The molecule has 2 aliphatic rings. The number of Topliss-reactive ketones (excluding diaryl/α,β-unsaturated/α-hetero) is 1. The molecule has 0 spiro atoms. The van der Waals surface area contributed by atoms with Gasteiger partial charge in [-0.15, -0.1) is 23.1 Å². The van der Waals surface area contributed by atoms with Crippen LogP contribution in [0.2, 0.25) is 0 Å². The van der Waals surface area contributed by atoms with E-state index in [1.165, 1.54) is 34.9 Å². The molecule has 2 aromatic carbocycles. The van der Waals surface area contributed by atoms with Crippen LogP contribution in [0.4, 0.5) is 0 Å². The number of benzene rings is 2. The quantitative estimate of drug-likeness (QED) is 0.350. The molecule has 1 aromatic heterocycles. The van der Waals surface area contributed by atoms with Gasteiger partial charge in [-0.2, -0.15) is 0 Å². The van der Waals surface area contributed by atoms with Crippen LogP contribution in [0.1, 0.15) is 29.0 Å². The summed E-state index contributed by atoms with van der Waals surface area (Å²) in [4.78, 5) is 54.0. The van der Waals surface area contributed by atoms with Crippen LogP contribution in [0.25, 0.3) is 0 Å². The van der Waals surface area contributed by atoms with E-state index < -0.39 is 29.4 Å². The molecule has 1 unspecified atom stereocenters. The first-order valence-corrected chi connectivity index (χ1v) is 13.7. The van der Waals surface area contributed by atoms with E-state index in [2.05, 4.69) is 5.32 Å². The molecule has 1 N–H and O–H groups in total. The largest absolute Gasteiger partial charge is 0.448 e. The van der Waals surface area contributed by atoms with E-state index in [1.54, 1.807) is 0 Å². The SMILES string of the molecule is CC(=O)C1=C(C(=O)OC(c2ccccc2)c2ccccc2)N2C(=O)C(NC(=O)Cc3cccs3)[C@H]2SC1. The van der Waals surface area contributed by atoms with Crippen molar-refractivity contribution >= 4 is 46.7 Å². The maximum atomic E-state index is 13.6. The summed E-state index contributed by atoms with van der Waals surface area (Å²) in [7, 11) is 0. The number of β-lactam (4-membered cyclic amide) rings is 1. The van der Waals surface area contributed by atoms with Crippen LogP contribution in [0.15, 0.2) is 89.4 Å². The zero-order chi connectivity index (χ0) is 25.9. The number of nitrogens with zero attached hydrogens (tertiary/aromatic N) is 1. The van der Waals surface area contributed by atoms with Gasteiger partial charge in [0.15, 0.2) is 11.9 Å². The molecule has 9 heteroatoms. The second-order valence-corrected chi connectivity index (χ2v) is 10.8. The molecule has 1 saturated heterocycles. The maximum Gasteiger partial charge on any atom is 0.356 e. The Morgan fingerprint density at radius 1 is 1.00 bits per heavy atom. The first kappa shape index (κ1) is 25.0. The minimum atomic E-state index is -0.771. The molecule has 0 saturated carbocycles. The van der Waals surface area contributed by atoms with Gasteiger partial charge in [-0.25, -0.2) is 4.79 Å². The van der Waals surface area contributed by atoms with Gasteiger partial charge >= 0.3 is 5.97 Å². The van der Waals surface area contributed by atoms with Gasteiger partial charge in [0, 0.05) is 16.2 Å². The van der Waals surface area contributed by atoms with Crippen LogP contribution in [0.5, 0.6) is 0 Å². The van der Waals surface area contributed by atoms with Crippen molar-refractivity contribution < 1.29 is 23.9 Å². The molecule has 3 aromatic rings. The topological polar surface area (TPSA) is 92.8 Å². The summed E-state index contributed by atoms with van der Waals surface area (Å²) in [5, 5.41) is 4.20. The van der Waals surface area contributed by atoms with Crippen molar-refractivity contribution in [3.8, 4) is 0 Å². The number of amides is 2. The summed E-state index contributed by atoms with van der Waals surface area (Å²) in [5.41, 5.74) is 1.73. The summed E-state index contributed by atoms with van der Waals surface area (Å²) in [6, 6.07) is 21.6. The maximum absolute atomic E-state index is 13.6. The highest BCUT2D eigenvalue weighted by molar-refractivity contribution is 8.00. The molecular formula is C28H24N2O5S2. The molecule has 0 bridgehead atoms. The third-order valence-electron chi connectivity index (χ3n) is 6.25. The van der Waals surface area contributed by atoms with Crippen LogP contribution in [0.3, 0.4) is 0 Å². The predicted octanol–water partition coefficient (Wildman–Crippen LogP) is 3.87. The van der Waals surface area contributed by atoms with Crippen molar-refractivity contribution in [3.63, 3.8) is 0 Å². The van der Waals surface area contributed by atoms with E-state index in [1.807, 2.05) is 78.2 Å². The van der Waals surface area contributed by atoms with Gasteiger partial charge in [-0.1, -0.05) is 66.7 Å². The van der Waals surface area contributed by atoms with Gasteiger partial charge in [0.05, 0.1) is 6.42 Å². The molecule has 5 rings (SSSR count). The first-order valence-electron chi connectivity index (χ1n) is 11.8. The minimum absolute atomic E-state index is 0.0399. The van der Waals surface area contributed by atoms with Crippen molar-refractivity contribution in [2.45, 2.75) is 30.9 Å². The van der Waals surface area contributed by atoms with Gasteiger partial charge in [-0.05, 0) is 29.5 Å². The number of ether oxygens (including phenoxy) is 1. The van der Waals surface area contributed by atoms with Crippen LogP contribution in [0, 0.1) is 0 Å². The lowest BCUT2D eigenvalue weighted by molar-refractivity contribution is -0.154. The molecule has 7 nitrogen and oxygen atoms in total. The van der Waals surface area contributed by atoms with Gasteiger partial charge in [-0.3, -0.25) is 19.3 Å². The lowest BCUT2D eigenvalue weighted by Gasteiger charge is -2.49. The van der Waals surface area contributed by atoms with Crippen molar-refractivity contribution in [2.75, 3.05) is 5.75 Å². The monoisotopic (exact) mass is 532 g/mol. The second-order valence-electron chi connectivity index (χ2n) is 8.70. The molecule has 37 heavy (non-hydrogen) atoms. The molecule has 2 amide bonds. The number of hydrogen-bond donors (Lipinski definition) is 1. The van der Waals surface area contributed by atoms with Crippen LogP contribution < -0.4 is 5.32 Å². The Morgan fingerprint density at radius 3 is 2.22 bits per heavy atom. The normalized spacial score (nSPS) is 18.8. The van der Waals surface area contributed by atoms with E-state index in [4.69, 9.17) is 4.74 Å². The fourth-order valence-corrected chi connectivity index (χ4v) is 6.54. The molecule has 3 heterocycles. The average molecular weight is 533 g/mol. The Kier molecular flexibility index (Phi) is 7.25. The van der Waals surface area contributed by atoms with Crippen LogP contribution in [-0.4, -0.2) is 45.6 Å². The van der Waals surface area contributed by atoms with Crippen LogP contribution >= 0.6 is 23.1 Å². The van der Waals surface area contributed by atoms with Gasteiger partial charge < -0.3 is 10.1 Å². The van der Waals surface area contributed by atoms with E-state index >= 15 is 0 Å². The van der Waals surface area contributed by atoms with Gasteiger partial charge in [0.25, 0.3) is 5.91 Å². The number of rotatable bonds is 8. The number of ketones is 1. The number of thioether (sulfide) groups is 1. The molecule has 2 aliphatic heterocycles. The van der Waals surface area contributed by atoms with Crippen molar-refractivity contribution in [1.29, 1.82) is 0 Å². The average Bonchev–Trinajstić information content (AvgIpc) is 3.43. The predicted molar refractivity (Wildman–Crippen MR) is 142 cm³/mol. The van der Waals surface area contributed by atoms with Gasteiger partial charge in [0.2, 0.25) is 5.91 Å². The van der Waals surface area contributed by atoms with Crippen LogP contribution in [-0.2, 0) is 30.3 Å². The standard InChI is InChI=1S/C28H24N2O5S2/c1-17(31)21-16-37-27-23(29-22(32)15-20-13-8-14-36-20)26(33)30(27)24(21)28(34)35-25(18-9-4-2-5-10-18)19-11-6-3-7-12-19/h2-14,23,25,27H,15-16H2,1H3,(H,29,32)/t23?,27-/m1/s1. The summed E-state index contributed by atoms with van der Waals surface area (Å²) in [6.07, 6.45) is -0.542. The smallest absolute Gasteiger partial charge is 0.356 e. The molecule has 2 atom stereocenters. The zero-order valence-corrected chi connectivity index (χ0v) is 21.6. The lowest BCUT2D eigenvalue weighted by atomic mass is 10.00. The van der Waals surface area contributed by atoms with E-state index in [0.717, 1.165) is 16.0 Å². The van der Waals surface area contributed by atoms with E-state index in [0.29, 0.717) is 0 Å². The number of esters is 1. The number of carbonyl (C=O) groups is 4. The minimum Gasteiger partial charge on any atom is -0.448 e. The molecular weight excluding hydrogens is 508 g/mol. The fourth-order valence-electron chi connectivity index (χ4n) is 4.42. The Hall–Kier alpha value is -3.69. The molecule has 0 aliphatic carbocycles. The fraction of sp³-hybridized carbons (Fsp3) is 0.214. The Morgan fingerprint density at radius 2 is 1.65 bits per heavy atom. The Bertz CT molecular complexity index is 1320. The van der Waals surface area contributed by atoms with E-state index in [-0.39, 0.29) is 35.1 Å². The molecule has 1 fully saturated rings. The third kappa shape index (κ3) is 5.10. The highest BCUT2D eigenvalue weighted by atomic mass is 32.2. The first-order chi connectivity index (χ1) is 17.9. The number of hydrogen-bond acceptors (Lipinski definition) is 7. The summed E-state index contributed by atoms with van der Waals surface area (Å²) >= 11 is 2.82.